The van der Waals surface area contributed by atoms with Gasteiger partial charge in [0.2, 0.25) is 0 Å². The molecule has 5 nitrogen and oxygen atoms in total. The maximum Gasteiger partial charge on any atom is 0.266 e. The fraction of sp³-hybridized carbons (Fsp3) is 0.154. The summed E-state index contributed by atoms with van der Waals surface area (Å²) in [5, 5.41) is 7.34. The number of carbonyl (C=O) groups is 1. The van der Waals surface area contributed by atoms with E-state index in [0.717, 1.165) is 0 Å². The molecule has 0 saturated heterocycles. The molecule has 2 rings (SSSR count). The smallest absolute Gasteiger partial charge is 0.266 e. The Morgan fingerprint density at radius 3 is 2.60 bits per heavy atom. The van der Waals surface area contributed by atoms with Crippen molar-refractivity contribution in [3.8, 4) is 0 Å². The van der Waals surface area contributed by atoms with Gasteiger partial charge in [-0.25, -0.2) is 4.68 Å². The van der Waals surface area contributed by atoms with Crippen LogP contribution in [0.2, 0.25) is 10.0 Å². The topological polar surface area (TPSA) is 64.0 Å². The maximum absolute atomic E-state index is 11.9. The zero-order valence-electron chi connectivity index (χ0n) is 10.3. The lowest BCUT2D eigenvalue weighted by atomic mass is 10.2. The van der Waals surface area contributed by atoms with Crippen molar-refractivity contribution < 1.29 is 4.79 Å². The highest BCUT2D eigenvalue weighted by Crippen LogP contribution is 2.18. The highest BCUT2D eigenvalue weighted by Gasteiger charge is 2.07. The van der Waals surface area contributed by atoms with E-state index in [0.29, 0.717) is 22.2 Å². The van der Waals surface area contributed by atoms with Gasteiger partial charge >= 0.3 is 0 Å². The number of rotatable bonds is 4. The number of hydrogen-bond donors (Lipinski definition) is 1. The molecule has 1 aromatic heterocycles. The van der Waals surface area contributed by atoms with E-state index in [1.54, 1.807) is 12.1 Å². The summed E-state index contributed by atoms with van der Waals surface area (Å²) in [6.45, 7) is 0.569. The SMILES string of the molecule is O=C(NCCn1ncccc1=O)c1cc(Cl)cc(Cl)c1. The average molecular weight is 312 g/mol. The fourth-order valence-corrected chi connectivity index (χ4v) is 2.14. The van der Waals surface area contributed by atoms with Crippen molar-refractivity contribution in [3.63, 3.8) is 0 Å². The van der Waals surface area contributed by atoms with Crippen molar-refractivity contribution in [1.29, 1.82) is 0 Å². The monoisotopic (exact) mass is 311 g/mol. The lowest BCUT2D eigenvalue weighted by molar-refractivity contribution is 0.0951. The second kappa shape index (κ2) is 6.54. The van der Waals surface area contributed by atoms with Gasteiger partial charge in [0.1, 0.15) is 0 Å². The van der Waals surface area contributed by atoms with Crippen molar-refractivity contribution in [2.24, 2.45) is 0 Å². The summed E-state index contributed by atoms with van der Waals surface area (Å²) in [4.78, 5) is 23.3. The first kappa shape index (κ1) is 14.6. The van der Waals surface area contributed by atoms with Crippen LogP contribution in [0.15, 0.2) is 41.3 Å². The number of nitrogens with one attached hydrogen (secondary N) is 1. The van der Waals surface area contributed by atoms with Crippen LogP contribution in [0.4, 0.5) is 0 Å². The quantitative estimate of drug-likeness (QED) is 0.939. The number of carbonyl (C=O) groups excluding carboxylic acids is 1. The van der Waals surface area contributed by atoms with Gasteiger partial charge in [-0.05, 0) is 24.3 Å². The highest BCUT2D eigenvalue weighted by molar-refractivity contribution is 6.35. The molecule has 20 heavy (non-hydrogen) atoms. The van der Waals surface area contributed by atoms with E-state index in [1.807, 2.05) is 0 Å². The molecule has 1 amide bonds. The van der Waals surface area contributed by atoms with Crippen molar-refractivity contribution >= 4 is 29.1 Å². The molecule has 1 heterocycles. The standard InChI is InChI=1S/C13H11Cl2N3O2/c14-10-6-9(7-11(15)8-10)13(20)16-4-5-18-12(19)2-1-3-17-18/h1-3,6-8H,4-5H2,(H,16,20). The van der Waals surface area contributed by atoms with E-state index in [4.69, 9.17) is 23.2 Å². The Bertz CT molecular complexity index is 665. The van der Waals surface area contributed by atoms with Gasteiger partial charge in [-0.15, -0.1) is 0 Å². The second-order valence-electron chi connectivity index (χ2n) is 4.00. The minimum absolute atomic E-state index is 0.215. The summed E-state index contributed by atoms with van der Waals surface area (Å²) in [5.74, 6) is -0.307. The molecule has 0 atom stereocenters. The molecular weight excluding hydrogens is 301 g/mol. The number of benzene rings is 1. The van der Waals surface area contributed by atoms with Gasteiger partial charge in [-0.2, -0.15) is 5.10 Å². The third kappa shape index (κ3) is 3.82. The predicted octanol–water partition coefficient (Wildman–Crippen LogP) is 1.98. The van der Waals surface area contributed by atoms with E-state index in [-0.39, 0.29) is 18.0 Å². The second-order valence-corrected chi connectivity index (χ2v) is 4.87. The highest BCUT2D eigenvalue weighted by atomic mass is 35.5. The Labute approximate surface area is 125 Å². The zero-order valence-corrected chi connectivity index (χ0v) is 11.9. The Kier molecular flexibility index (Phi) is 4.76. The van der Waals surface area contributed by atoms with Crippen LogP contribution < -0.4 is 10.9 Å². The van der Waals surface area contributed by atoms with Crippen molar-refractivity contribution in [2.75, 3.05) is 6.54 Å². The lowest BCUT2D eigenvalue weighted by Crippen LogP contribution is -2.31. The van der Waals surface area contributed by atoms with Crippen LogP contribution in [0, 0.1) is 0 Å². The molecule has 0 unspecified atom stereocenters. The van der Waals surface area contributed by atoms with Crippen molar-refractivity contribution in [3.05, 3.63) is 62.5 Å². The normalized spacial score (nSPS) is 10.3. The van der Waals surface area contributed by atoms with Crippen molar-refractivity contribution in [2.45, 2.75) is 6.54 Å². The first-order chi connectivity index (χ1) is 9.56. The van der Waals surface area contributed by atoms with E-state index >= 15 is 0 Å². The van der Waals surface area contributed by atoms with Crippen LogP contribution in [0.25, 0.3) is 0 Å². The Hall–Kier alpha value is -1.85. The third-order valence-electron chi connectivity index (χ3n) is 2.52. The number of halogens is 2. The van der Waals surface area contributed by atoms with Gasteiger partial charge in [0.05, 0.1) is 6.54 Å². The Balaban J connectivity index is 1.96. The van der Waals surface area contributed by atoms with Crippen LogP contribution in [0.1, 0.15) is 10.4 Å². The summed E-state index contributed by atoms with van der Waals surface area (Å²) in [7, 11) is 0. The molecule has 0 fully saturated rings. The summed E-state index contributed by atoms with van der Waals surface area (Å²) >= 11 is 11.7. The largest absolute Gasteiger partial charge is 0.350 e. The molecule has 0 aliphatic heterocycles. The summed E-state index contributed by atoms with van der Waals surface area (Å²) in [5.41, 5.74) is 0.156. The number of amides is 1. The van der Waals surface area contributed by atoms with Crippen LogP contribution in [-0.2, 0) is 6.54 Å². The zero-order chi connectivity index (χ0) is 14.5. The number of hydrogen-bond acceptors (Lipinski definition) is 3. The molecule has 0 bridgehead atoms. The van der Waals surface area contributed by atoms with Gasteiger partial charge in [-0.1, -0.05) is 23.2 Å². The fourth-order valence-electron chi connectivity index (χ4n) is 1.62. The van der Waals surface area contributed by atoms with E-state index in [9.17, 15) is 9.59 Å². The molecule has 1 N–H and O–H groups in total. The Morgan fingerprint density at radius 1 is 1.25 bits per heavy atom. The van der Waals surface area contributed by atoms with E-state index in [1.165, 1.54) is 29.1 Å². The van der Waals surface area contributed by atoms with Gasteiger partial charge in [-0.3, -0.25) is 9.59 Å². The lowest BCUT2D eigenvalue weighted by Gasteiger charge is -2.07. The molecule has 104 valence electrons. The first-order valence-electron chi connectivity index (χ1n) is 5.83. The number of nitrogens with zero attached hydrogens (tertiary/aromatic N) is 2. The van der Waals surface area contributed by atoms with Gasteiger partial charge in [0, 0.05) is 34.4 Å². The van der Waals surface area contributed by atoms with Gasteiger partial charge in [0.15, 0.2) is 0 Å². The molecule has 0 aliphatic rings. The molecule has 0 aliphatic carbocycles. The summed E-state index contributed by atoms with van der Waals surface area (Å²) in [6, 6.07) is 7.57. The molecule has 2 aromatic rings. The number of aromatic nitrogens is 2. The van der Waals surface area contributed by atoms with Gasteiger partial charge < -0.3 is 5.32 Å². The van der Waals surface area contributed by atoms with Crippen LogP contribution >= 0.6 is 23.2 Å². The van der Waals surface area contributed by atoms with Gasteiger partial charge in [0.25, 0.3) is 11.5 Å². The minimum atomic E-state index is -0.307. The summed E-state index contributed by atoms with van der Waals surface area (Å²) in [6.07, 6.45) is 1.51. The van der Waals surface area contributed by atoms with Crippen LogP contribution in [0.5, 0.6) is 0 Å². The molecule has 0 radical (unpaired) electrons. The average Bonchev–Trinajstić information content (AvgIpc) is 2.39. The van der Waals surface area contributed by atoms with Crippen LogP contribution in [0.3, 0.4) is 0 Å². The predicted molar refractivity (Wildman–Crippen MR) is 77.3 cm³/mol. The first-order valence-corrected chi connectivity index (χ1v) is 6.58. The third-order valence-corrected chi connectivity index (χ3v) is 2.96. The molecule has 0 saturated carbocycles. The minimum Gasteiger partial charge on any atom is -0.350 e. The molecule has 7 heteroatoms. The van der Waals surface area contributed by atoms with E-state index < -0.39 is 0 Å². The van der Waals surface area contributed by atoms with Crippen molar-refractivity contribution in [1.82, 2.24) is 15.1 Å². The summed E-state index contributed by atoms with van der Waals surface area (Å²) < 4.78 is 1.27. The van der Waals surface area contributed by atoms with E-state index in [2.05, 4.69) is 10.4 Å². The Morgan fingerprint density at radius 2 is 1.95 bits per heavy atom. The maximum atomic E-state index is 11.9. The molecule has 1 aromatic carbocycles. The molecule has 0 spiro atoms. The molecular formula is C13H11Cl2N3O2. The van der Waals surface area contributed by atoms with Crippen LogP contribution in [-0.4, -0.2) is 22.2 Å².